The number of carbonyl (C=O) groups excluding carboxylic acids is 1. The molecule has 0 saturated carbocycles. The summed E-state index contributed by atoms with van der Waals surface area (Å²) in [5.74, 6) is 0.395. The van der Waals surface area contributed by atoms with E-state index in [4.69, 9.17) is 27.9 Å². The molecule has 0 bridgehead atoms. The molecule has 0 unspecified atom stereocenters. The topological polar surface area (TPSA) is 75.7 Å². The normalized spacial score (nSPS) is 11.1. The summed E-state index contributed by atoms with van der Waals surface area (Å²) in [5, 5.41) is 3.27. The molecule has 2 aromatic carbocycles. The van der Waals surface area contributed by atoms with Crippen LogP contribution in [0.4, 0.5) is 5.69 Å². The molecule has 0 aromatic heterocycles. The zero-order chi connectivity index (χ0) is 20.7. The zero-order valence-electron chi connectivity index (χ0n) is 15.6. The zero-order valence-corrected chi connectivity index (χ0v) is 17.9. The highest BCUT2D eigenvalue weighted by atomic mass is 35.5. The lowest BCUT2D eigenvalue weighted by Crippen LogP contribution is -2.40. The standard InChI is InChI=1S/C19H22Cl2N2O4S/c1-27-16-8-5-14(6-9-16)4-3-11-22-19(24)13-23(28(2,25)26)15-7-10-17(20)18(21)12-15/h5-10,12H,3-4,11,13H2,1-2H3,(H,22,24). The van der Waals surface area contributed by atoms with Crippen molar-refractivity contribution in [1.29, 1.82) is 0 Å². The fourth-order valence-electron chi connectivity index (χ4n) is 2.54. The molecule has 1 N–H and O–H groups in total. The van der Waals surface area contributed by atoms with Gasteiger partial charge in [0.2, 0.25) is 15.9 Å². The van der Waals surface area contributed by atoms with Crippen molar-refractivity contribution < 1.29 is 17.9 Å². The van der Waals surface area contributed by atoms with E-state index in [1.807, 2.05) is 24.3 Å². The number of amides is 1. The Morgan fingerprint density at radius 3 is 2.36 bits per heavy atom. The highest BCUT2D eigenvalue weighted by Crippen LogP contribution is 2.28. The molecular formula is C19H22Cl2N2O4S. The van der Waals surface area contributed by atoms with Crippen molar-refractivity contribution in [1.82, 2.24) is 5.32 Å². The Balaban J connectivity index is 1.90. The number of rotatable bonds is 9. The molecule has 9 heteroatoms. The summed E-state index contributed by atoms with van der Waals surface area (Å²) in [4.78, 5) is 12.2. The van der Waals surface area contributed by atoms with E-state index in [1.165, 1.54) is 18.2 Å². The smallest absolute Gasteiger partial charge is 0.240 e. The Hall–Kier alpha value is -1.96. The summed E-state index contributed by atoms with van der Waals surface area (Å²) in [6.45, 7) is 0.100. The first-order chi connectivity index (χ1) is 13.2. The molecular weight excluding hydrogens is 423 g/mol. The molecule has 0 spiro atoms. The molecule has 0 aliphatic rings. The lowest BCUT2D eigenvalue weighted by Gasteiger charge is -2.22. The molecule has 0 saturated heterocycles. The third-order valence-corrected chi connectivity index (χ3v) is 5.88. The van der Waals surface area contributed by atoms with Gasteiger partial charge in [-0.25, -0.2) is 8.42 Å². The number of hydrogen-bond acceptors (Lipinski definition) is 4. The number of nitrogens with zero attached hydrogens (tertiary/aromatic N) is 1. The van der Waals surface area contributed by atoms with Gasteiger partial charge in [0, 0.05) is 6.54 Å². The highest BCUT2D eigenvalue weighted by molar-refractivity contribution is 7.92. The summed E-state index contributed by atoms with van der Waals surface area (Å²) < 4.78 is 30.3. The first-order valence-electron chi connectivity index (χ1n) is 8.53. The Morgan fingerprint density at radius 2 is 1.79 bits per heavy atom. The molecule has 1 amide bonds. The second kappa shape index (κ2) is 10.0. The number of nitrogens with one attached hydrogen (secondary N) is 1. The monoisotopic (exact) mass is 444 g/mol. The van der Waals surface area contributed by atoms with Gasteiger partial charge < -0.3 is 10.1 Å². The quantitative estimate of drug-likeness (QED) is 0.600. The number of anilines is 1. The molecule has 152 valence electrons. The van der Waals surface area contributed by atoms with Crippen molar-refractivity contribution >= 4 is 44.8 Å². The Bertz CT molecular complexity index is 918. The average Bonchev–Trinajstić information content (AvgIpc) is 2.65. The molecule has 28 heavy (non-hydrogen) atoms. The maximum Gasteiger partial charge on any atom is 0.240 e. The maximum absolute atomic E-state index is 12.2. The molecule has 6 nitrogen and oxygen atoms in total. The summed E-state index contributed by atoms with van der Waals surface area (Å²) in [6.07, 6.45) is 2.54. The van der Waals surface area contributed by atoms with Crippen molar-refractivity contribution in [3.8, 4) is 5.75 Å². The van der Waals surface area contributed by atoms with Crippen LogP contribution < -0.4 is 14.4 Å². The summed E-state index contributed by atoms with van der Waals surface area (Å²) in [7, 11) is -2.05. The van der Waals surface area contributed by atoms with Crippen molar-refractivity contribution in [3.63, 3.8) is 0 Å². The van der Waals surface area contributed by atoms with Gasteiger partial charge in [-0.1, -0.05) is 35.3 Å². The second-order valence-electron chi connectivity index (χ2n) is 6.17. The average molecular weight is 445 g/mol. The van der Waals surface area contributed by atoms with Gasteiger partial charge in [-0.3, -0.25) is 9.10 Å². The van der Waals surface area contributed by atoms with Crippen molar-refractivity contribution in [2.45, 2.75) is 12.8 Å². The highest BCUT2D eigenvalue weighted by Gasteiger charge is 2.21. The van der Waals surface area contributed by atoms with Crippen molar-refractivity contribution in [2.24, 2.45) is 0 Å². The predicted octanol–water partition coefficient (Wildman–Crippen LogP) is 3.52. The van der Waals surface area contributed by atoms with E-state index in [-0.39, 0.29) is 17.3 Å². The molecule has 0 heterocycles. The summed E-state index contributed by atoms with van der Waals surface area (Å²) in [6, 6.07) is 12.1. The molecule has 0 atom stereocenters. The lowest BCUT2D eigenvalue weighted by atomic mass is 10.1. The van der Waals surface area contributed by atoms with Gasteiger partial charge in [0.15, 0.2) is 0 Å². The van der Waals surface area contributed by atoms with E-state index in [2.05, 4.69) is 5.32 Å². The molecule has 0 fully saturated rings. The van der Waals surface area contributed by atoms with Crippen LogP contribution in [0.15, 0.2) is 42.5 Å². The van der Waals surface area contributed by atoms with Gasteiger partial charge in [-0.05, 0) is 48.7 Å². The molecule has 0 radical (unpaired) electrons. The van der Waals surface area contributed by atoms with Crippen LogP contribution in [0.25, 0.3) is 0 Å². The third-order valence-electron chi connectivity index (χ3n) is 4.00. The minimum absolute atomic E-state index is 0.215. The van der Waals surface area contributed by atoms with E-state index in [1.54, 1.807) is 7.11 Å². The maximum atomic E-state index is 12.2. The number of sulfonamides is 1. The van der Waals surface area contributed by atoms with Crippen molar-refractivity contribution in [2.75, 3.05) is 30.8 Å². The molecule has 0 aliphatic carbocycles. The van der Waals surface area contributed by atoms with Gasteiger partial charge in [0.1, 0.15) is 12.3 Å². The Morgan fingerprint density at radius 1 is 1.11 bits per heavy atom. The van der Waals surface area contributed by atoms with E-state index in [9.17, 15) is 13.2 Å². The first kappa shape index (κ1) is 22.3. The van der Waals surface area contributed by atoms with Crippen LogP contribution in [-0.2, 0) is 21.2 Å². The van der Waals surface area contributed by atoms with Gasteiger partial charge >= 0.3 is 0 Å². The SMILES string of the molecule is COc1ccc(CCCNC(=O)CN(c2ccc(Cl)c(Cl)c2)S(C)(=O)=O)cc1. The van der Waals surface area contributed by atoms with E-state index < -0.39 is 15.9 Å². The number of hydrogen-bond donors (Lipinski definition) is 1. The third kappa shape index (κ3) is 6.58. The number of halogens is 2. The van der Waals surface area contributed by atoms with Crippen LogP contribution >= 0.6 is 23.2 Å². The number of aryl methyl sites for hydroxylation is 1. The van der Waals surface area contributed by atoms with Crippen molar-refractivity contribution in [3.05, 3.63) is 58.1 Å². The van der Waals surface area contributed by atoms with Crippen LogP contribution in [0, 0.1) is 0 Å². The van der Waals surface area contributed by atoms with Crippen LogP contribution in [0.3, 0.4) is 0 Å². The fraction of sp³-hybridized carbons (Fsp3) is 0.316. The van der Waals surface area contributed by atoms with E-state index in [0.717, 1.165) is 34.7 Å². The number of carbonyl (C=O) groups is 1. The second-order valence-corrected chi connectivity index (χ2v) is 8.89. The largest absolute Gasteiger partial charge is 0.497 e. The van der Waals surface area contributed by atoms with Crippen LogP contribution in [0.1, 0.15) is 12.0 Å². The van der Waals surface area contributed by atoms with E-state index in [0.29, 0.717) is 11.6 Å². The predicted molar refractivity (Wildman–Crippen MR) is 113 cm³/mol. The van der Waals surface area contributed by atoms with Crippen LogP contribution in [0.5, 0.6) is 5.75 Å². The lowest BCUT2D eigenvalue weighted by molar-refractivity contribution is -0.119. The van der Waals surface area contributed by atoms with Gasteiger partial charge in [-0.15, -0.1) is 0 Å². The van der Waals surface area contributed by atoms with Crippen LogP contribution in [-0.4, -0.2) is 40.8 Å². The van der Waals surface area contributed by atoms with Crippen LogP contribution in [0.2, 0.25) is 10.0 Å². The number of benzene rings is 2. The minimum Gasteiger partial charge on any atom is -0.497 e. The number of ether oxygens (including phenoxy) is 1. The van der Waals surface area contributed by atoms with Gasteiger partial charge in [0.25, 0.3) is 0 Å². The Kier molecular flexibility index (Phi) is 7.98. The summed E-state index contributed by atoms with van der Waals surface area (Å²) in [5.41, 5.74) is 1.41. The fourth-order valence-corrected chi connectivity index (χ4v) is 3.68. The molecule has 2 rings (SSSR count). The molecule has 0 aliphatic heterocycles. The first-order valence-corrected chi connectivity index (χ1v) is 11.1. The van der Waals surface area contributed by atoms with E-state index >= 15 is 0 Å². The van der Waals surface area contributed by atoms with Gasteiger partial charge in [-0.2, -0.15) is 0 Å². The molecule has 2 aromatic rings. The Labute approximate surface area is 175 Å². The van der Waals surface area contributed by atoms with Gasteiger partial charge in [0.05, 0.1) is 29.1 Å². The summed E-state index contributed by atoms with van der Waals surface area (Å²) >= 11 is 11.8. The number of methoxy groups -OCH3 is 1. The minimum atomic E-state index is -3.66.